The third-order valence-electron chi connectivity index (χ3n) is 4.18. The van der Waals surface area contributed by atoms with Crippen LogP contribution in [-0.2, 0) is 4.74 Å². The molecule has 2 atom stereocenters. The van der Waals surface area contributed by atoms with Crippen molar-refractivity contribution in [3.8, 4) is 5.75 Å². The van der Waals surface area contributed by atoms with Gasteiger partial charge in [0.05, 0.1) is 0 Å². The molecule has 0 radical (unpaired) electrons. The highest BCUT2D eigenvalue weighted by molar-refractivity contribution is 5.88. The van der Waals surface area contributed by atoms with Crippen molar-refractivity contribution < 1.29 is 9.47 Å². The van der Waals surface area contributed by atoms with Crippen LogP contribution >= 0.6 is 0 Å². The molecule has 0 saturated carbocycles. The summed E-state index contributed by atoms with van der Waals surface area (Å²) in [5, 5.41) is 5.47. The molecule has 0 heterocycles. The Kier molecular flexibility index (Phi) is 5.47. The Hall–Kier alpha value is -2.36. The summed E-state index contributed by atoms with van der Waals surface area (Å²) >= 11 is 0. The van der Waals surface area contributed by atoms with Gasteiger partial charge in [0.2, 0.25) is 0 Å². The lowest BCUT2D eigenvalue weighted by Crippen LogP contribution is -2.34. The Bertz CT molecular complexity index is 768. The standard InChI is InChI=1S/C21H23NO2/c1-22-15-20(23-2)21(17-10-4-3-5-11-17)24-19-14-8-12-16-9-6-7-13-18(16)19/h3-14,20-22H,15H2,1-2H3. The number of methoxy groups -OCH3 is 1. The molecule has 0 aromatic heterocycles. The van der Waals surface area contributed by atoms with Gasteiger partial charge in [-0.3, -0.25) is 0 Å². The summed E-state index contributed by atoms with van der Waals surface area (Å²) < 4.78 is 12.2. The largest absolute Gasteiger partial charge is 0.482 e. The average Bonchev–Trinajstić information content (AvgIpc) is 2.65. The third-order valence-corrected chi connectivity index (χ3v) is 4.18. The second-order valence-corrected chi connectivity index (χ2v) is 5.76. The van der Waals surface area contributed by atoms with Crippen LogP contribution in [0.4, 0.5) is 0 Å². The number of rotatable bonds is 7. The van der Waals surface area contributed by atoms with Gasteiger partial charge in [-0.1, -0.05) is 66.7 Å². The molecule has 0 spiro atoms. The molecule has 2 unspecified atom stereocenters. The van der Waals surface area contributed by atoms with Crippen molar-refractivity contribution in [2.45, 2.75) is 12.2 Å². The van der Waals surface area contributed by atoms with Gasteiger partial charge in [-0.05, 0) is 24.1 Å². The highest BCUT2D eigenvalue weighted by Gasteiger charge is 2.25. The molecule has 3 nitrogen and oxygen atoms in total. The Balaban J connectivity index is 1.99. The lowest BCUT2D eigenvalue weighted by Gasteiger charge is -2.28. The maximum atomic E-state index is 6.45. The van der Waals surface area contributed by atoms with Crippen LogP contribution in [0.25, 0.3) is 10.8 Å². The van der Waals surface area contributed by atoms with Gasteiger partial charge in [-0.25, -0.2) is 0 Å². The zero-order chi connectivity index (χ0) is 16.8. The zero-order valence-corrected chi connectivity index (χ0v) is 14.1. The van der Waals surface area contributed by atoms with E-state index in [1.807, 2.05) is 49.5 Å². The second-order valence-electron chi connectivity index (χ2n) is 5.76. The zero-order valence-electron chi connectivity index (χ0n) is 14.1. The lowest BCUT2D eigenvalue weighted by molar-refractivity contribution is 0.00328. The molecular formula is C21H23NO2. The fraction of sp³-hybridized carbons (Fsp3) is 0.238. The number of likely N-dealkylation sites (N-methyl/N-ethyl adjacent to an activating group) is 1. The van der Waals surface area contributed by atoms with E-state index in [-0.39, 0.29) is 12.2 Å². The van der Waals surface area contributed by atoms with Gasteiger partial charge in [0.15, 0.2) is 6.10 Å². The van der Waals surface area contributed by atoms with E-state index in [1.165, 1.54) is 5.39 Å². The van der Waals surface area contributed by atoms with Crippen LogP contribution in [0.5, 0.6) is 5.75 Å². The van der Waals surface area contributed by atoms with Crippen LogP contribution in [0.15, 0.2) is 72.8 Å². The normalized spacial score (nSPS) is 13.6. The SMILES string of the molecule is CNCC(OC)C(Oc1cccc2ccccc12)c1ccccc1. The summed E-state index contributed by atoms with van der Waals surface area (Å²) in [6.45, 7) is 0.709. The van der Waals surface area contributed by atoms with Crippen LogP contribution in [0, 0.1) is 0 Å². The van der Waals surface area contributed by atoms with Gasteiger partial charge >= 0.3 is 0 Å². The summed E-state index contributed by atoms with van der Waals surface area (Å²) in [6, 6.07) is 24.6. The first-order valence-corrected chi connectivity index (χ1v) is 8.20. The maximum absolute atomic E-state index is 6.45. The summed E-state index contributed by atoms with van der Waals surface area (Å²) in [7, 11) is 3.65. The molecule has 0 saturated heterocycles. The molecule has 1 N–H and O–H groups in total. The molecule has 0 aliphatic rings. The molecule has 0 fully saturated rings. The first kappa shape index (κ1) is 16.5. The lowest BCUT2D eigenvalue weighted by atomic mass is 10.0. The molecule has 3 heteroatoms. The van der Waals surface area contributed by atoms with Gasteiger partial charge in [-0.15, -0.1) is 0 Å². The van der Waals surface area contributed by atoms with E-state index in [4.69, 9.17) is 9.47 Å². The molecular weight excluding hydrogens is 298 g/mol. The number of nitrogens with one attached hydrogen (secondary N) is 1. The predicted octanol–water partition coefficient (Wildman–Crippen LogP) is 4.19. The summed E-state index contributed by atoms with van der Waals surface area (Å²) in [4.78, 5) is 0. The topological polar surface area (TPSA) is 30.5 Å². The average molecular weight is 321 g/mol. The maximum Gasteiger partial charge on any atom is 0.151 e. The molecule has 0 bridgehead atoms. The van der Waals surface area contributed by atoms with Gasteiger partial charge in [-0.2, -0.15) is 0 Å². The number of fused-ring (bicyclic) bond motifs is 1. The van der Waals surface area contributed by atoms with E-state index < -0.39 is 0 Å². The monoisotopic (exact) mass is 321 g/mol. The highest BCUT2D eigenvalue weighted by Crippen LogP contribution is 2.31. The van der Waals surface area contributed by atoms with Crippen molar-refractivity contribution in [3.63, 3.8) is 0 Å². The van der Waals surface area contributed by atoms with Gasteiger partial charge < -0.3 is 14.8 Å². The number of ether oxygens (including phenoxy) is 2. The molecule has 124 valence electrons. The van der Waals surface area contributed by atoms with E-state index in [1.54, 1.807) is 7.11 Å². The van der Waals surface area contributed by atoms with Crippen LogP contribution < -0.4 is 10.1 Å². The minimum Gasteiger partial charge on any atom is -0.482 e. The minimum absolute atomic E-state index is 0.0867. The fourth-order valence-electron chi connectivity index (χ4n) is 2.95. The van der Waals surface area contributed by atoms with E-state index in [2.05, 4.69) is 35.6 Å². The predicted molar refractivity (Wildman–Crippen MR) is 98.5 cm³/mol. The first-order chi connectivity index (χ1) is 11.8. The van der Waals surface area contributed by atoms with Crippen LogP contribution in [0.2, 0.25) is 0 Å². The fourth-order valence-corrected chi connectivity index (χ4v) is 2.95. The van der Waals surface area contributed by atoms with Crippen molar-refractivity contribution in [2.75, 3.05) is 20.7 Å². The van der Waals surface area contributed by atoms with Crippen molar-refractivity contribution in [1.29, 1.82) is 0 Å². The van der Waals surface area contributed by atoms with Gasteiger partial charge in [0.1, 0.15) is 11.9 Å². The second kappa shape index (κ2) is 7.95. The third kappa shape index (κ3) is 3.58. The van der Waals surface area contributed by atoms with E-state index in [0.717, 1.165) is 16.7 Å². The van der Waals surface area contributed by atoms with Gasteiger partial charge in [0.25, 0.3) is 0 Å². The van der Waals surface area contributed by atoms with Crippen LogP contribution in [0.1, 0.15) is 11.7 Å². The molecule has 3 aromatic rings. The van der Waals surface area contributed by atoms with Crippen molar-refractivity contribution in [3.05, 3.63) is 78.4 Å². The smallest absolute Gasteiger partial charge is 0.151 e. The van der Waals surface area contributed by atoms with E-state index in [0.29, 0.717) is 6.54 Å². The Labute approximate surface area is 143 Å². The molecule has 24 heavy (non-hydrogen) atoms. The summed E-state index contributed by atoms with van der Waals surface area (Å²) in [5.74, 6) is 0.875. The summed E-state index contributed by atoms with van der Waals surface area (Å²) in [6.07, 6.45) is -0.272. The number of hydrogen-bond donors (Lipinski definition) is 1. The van der Waals surface area contributed by atoms with Gasteiger partial charge in [0, 0.05) is 19.0 Å². The Morgan fingerprint density at radius 1 is 0.875 bits per heavy atom. The molecule has 0 amide bonds. The molecule has 0 aliphatic heterocycles. The Morgan fingerprint density at radius 3 is 2.33 bits per heavy atom. The first-order valence-electron chi connectivity index (χ1n) is 8.20. The quantitative estimate of drug-likeness (QED) is 0.707. The number of benzene rings is 3. The van der Waals surface area contributed by atoms with E-state index in [9.17, 15) is 0 Å². The summed E-state index contributed by atoms with van der Waals surface area (Å²) in [5.41, 5.74) is 1.10. The minimum atomic E-state index is -0.186. The molecule has 3 aromatic carbocycles. The van der Waals surface area contributed by atoms with Crippen LogP contribution in [-0.4, -0.2) is 26.8 Å². The van der Waals surface area contributed by atoms with Crippen molar-refractivity contribution >= 4 is 10.8 Å². The van der Waals surface area contributed by atoms with Crippen molar-refractivity contribution in [1.82, 2.24) is 5.32 Å². The van der Waals surface area contributed by atoms with Crippen LogP contribution in [0.3, 0.4) is 0 Å². The van der Waals surface area contributed by atoms with Crippen molar-refractivity contribution in [2.24, 2.45) is 0 Å². The molecule has 0 aliphatic carbocycles. The Morgan fingerprint density at radius 2 is 1.58 bits per heavy atom. The molecule has 3 rings (SSSR count). The van der Waals surface area contributed by atoms with E-state index >= 15 is 0 Å². The highest BCUT2D eigenvalue weighted by atomic mass is 16.5. The number of hydrogen-bond acceptors (Lipinski definition) is 3.